The predicted octanol–water partition coefficient (Wildman–Crippen LogP) is 2.87. The van der Waals surface area contributed by atoms with Gasteiger partial charge in [-0.25, -0.2) is 4.98 Å². The van der Waals surface area contributed by atoms with Gasteiger partial charge in [-0.3, -0.25) is 4.98 Å². The van der Waals surface area contributed by atoms with Crippen molar-refractivity contribution in [3.05, 3.63) is 48.4 Å². The van der Waals surface area contributed by atoms with Crippen LogP contribution in [-0.2, 0) is 0 Å². The van der Waals surface area contributed by atoms with Gasteiger partial charge in [0, 0.05) is 30.9 Å². The predicted molar refractivity (Wildman–Crippen MR) is 79.2 cm³/mol. The van der Waals surface area contributed by atoms with Crippen molar-refractivity contribution >= 4 is 5.82 Å². The lowest BCUT2D eigenvalue weighted by Gasteiger charge is -2.21. The summed E-state index contributed by atoms with van der Waals surface area (Å²) in [4.78, 5) is 10.9. The van der Waals surface area contributed by atoms with E-state index in [4.69, 9.17) is 4.74 Å². The lowest BCUT2D eigenvalue weighted by atomic mass is 9.97. The highest BCUT2D eigenvalue weighted by Crippen LogP contribution is 2.34. The molecule has 0 saturated carbocycles. The normalized spacial score (nSPS) is 22.0. The molecule has 0 amide bonds. The zero-order valence-electron chi connectivity index (χ0n) is 11.9. The van der Waals surface area contributed by atoms with E-state index in [9.17, 15) is 0 Å². The molecule has 0 N–H and O–H groups in total. The minimum Gasteiger partial charge on any atom is -0.497 e. The van der Waals surface area contributed by atoms with Crippen LogP contribution < -0.4 is 9.64 Å². The van der Waals surface area contributed by atoms with E-state index in [1.807, 2.05) is 18.3 Å². The molecule has 2 aromatic rings. The fourth-order valence-corrected chi connectivity index (χ4v) is 2.91. The summed E-state index contributed by atoms with van der Waals surface area (Å²) in [7, 11) is 1.70. The van der Waals surface area contributed by atoms with Crippen molar-refractivity contribution in [1.82, 2.24) is 9.97 Å². The quantitative estimate of drug-likeness (QED) is 0.858. The van der Waals surface area contributed by atoms with Gasteiger partial charge in [-0.05, 0) is 31.0 Å². The zero-order chi connectivity index (χ0) is 13.9. The Morgan fingerprint density at radius 1 is 1.20 bits per heavy atom. The maximum Gasteiger partial charge on any atom is 0.147 e. The number of aromatic nitrogens is 2. The van der Waals surface area contributed by atoms with Gasteiger partial charge in [0.15, 0.2) is 0 Å². The molecular weight excluding hydrogens is 250 g/mol. The number of hydrogen-bond donors (Lipinski definition) is 0. The molecule has 3 rings (SSSR count). The van der Waals surface area contributed by atoms with Crippen molar-refractivity contribution in [1.29, 1.82) is 0 Å². The van der Waals surface area contributed by atoms with Gasteiger partial charge in [0.05, 0.1) is 13.3 Å². The van der Waals surface area contributed by atoms with Crippen LogP contribution in [0, 0.1) is 0 Å². The van der Waals surface area contributed by atoms with Crippen molar-refractivity contribution in [3.63, 3.8) is 0 Å². The fourth-order valence-electron chi connectivity index (χ4n) is 2.91. The van der Waals surface area contributed by atoms with Gasteiger partial charge >= 0.3 is 0 Å². The Bertz CT molecular complexity index is 556. The van der Waals surface area contributed by atoms with Crippen LogP contribution in [0.15, 0.2) is 42.9 Å². The Morgan fingerprint density at radius 3 is 2.65 bits per heavy atom. The Labute approximate surface area is 119 Å². The Hall–Kier alpha value is -2.10. The first-order chi connectivity index (χ1) is 9.78. The van der Waals surface area contributed by atoms with E-state index in [2.05, 4.69) is 33.9 Å². The lowest BCUT2D eigenvalue weighted by Crippen LogP contribution is -2.27. The van der Waals surface area contributed by atoms with Crippen LogP contribution >= 0.6 is 0 Å². The van der Waals surface area contributed by atoms with E-state index >= 15 is 0 Å². The summed E-state index contributed by atoms with van der Waals surface area (Å²) in [5, 5.41) is 0. The number of benzene rings is 1. The standard InChI is InChI=1S/C16H19N3O/c1-12-9-14(13-3-5-15(20-2)6-4-13)11-19(12)16-10-17-7-8-18-16/h3-8,10,12,14H,9,11H2,1-2H3/t12-,14-/m0/s1. The maximum atomic E-state index is 5.21. The third kappa shape index (κ3) is 2.46. The van der Waals surface area contributed by atoms with Crippen molar-refractivity contribution in [3.8, 4) is 5.75 Å². The summed E-state index contributed by atoms with van der Waals surface area (Å²) in [5.41, 5.74) is 1.36. The highest BCUT2D eigenvalue weighted by Gasteiger charge is 2.30. The van der Waals surface area contributed by atoms with Crippen LogP contribution in [0.3, 0.4) is 0 Å². The molecule has 1 aliphatic rings. The van der Waals surface area contributed by atoms with E-state index in [0.29, 0.717) is 12.0 Å². The molecular formula is C16H19N3O. The van der Waals surface area contributed by atoms with Crippen LogP contribution in [0.4, 0.5) is 5.82 Å². The summed E-state index contributed by atoms with van der Waals surface area (Å²) in [5.74, 6) is 2.42. The monoisotopic (exact) mass is 269 g/mol. The molecule has 20 heavy (non-hydrogen) atoms. The number of methoxy groups -OCH3 is 1. The van der Waals surface area contributed by atoms with Crippen LogP contribution in [0.25, 0.3) is 0 Å². The molecule has 104 valence electrons. The first-order valence-electron chi connectivity index (χ1n) is 6.94. The minimum atomic E-state index is 0.485. The Morgan fingerprint density at radius 2 is 2.00 bits per heavy atom. The molecule has 1 fully saturated rings. The first-order valence-corrected chi connectivity index (χ1v) is 6.94. The molecule has 1 aromatic carbocycles. The average Bonchev–Trinajstić information content (AvgIpc) is 2.90. The molecule has 0 unspecified atom stereocenters. The Kier molecular flexibility index (Phi) is 3.54. The van der Waals surface area contributed by atoms with Gasteiger partial charge in [-0.15, -0.1) is 0 Å². The maximum absolute atomic E-state index is 5.21. The largest absolute Gasteiger partial charge is 0.497 e. The van der Waals surface area contributed by atoms with Crippen LogP contribution in [-0.4, -0.2) is 29.7 Å². The third-order valence-electron chi connectivity index (χ3n) is 4.01. The highest BCUT2D eigenvalue weighted by molar-refractivity contribution is 5.41. The molecule has 4 heteroatoms. The van der Waals surface area contributed by atoms with Gasteiger partial charge < -0.3 is 9.64 Å². The van der Waals surface area contributed by atoms with Crippen LogP contribution in [0.1, 0.15) is 24.8 Å². The second-order valence-corrected chi connectivity index (χ2v) is 5.27. The molecule has 2 atom stereocenters. The molecule has 1 aromatic heterocycles. The number of rotatable bonds is 3. The van der Waals surface area contributed by atoms with Crippen molar-refractivity contribution < 1.29 is 4.74 Å². The molecule has 0 spiro atoms. The van der Waals surface area contributed by atoms with Gasteiger partial charge in [-0.1, -0.05) is 12.1 Å². The number of hydrogen-bond acceptors (Lipinski definition) is 4. The molecule has 1 saturated heterocycles. The van der Waals surface area contributed by atoms with Gasteiger partial charge in [-0.2, -0.15) is 0 Å². The van der Waals surface area contributed by atoms with Gasteiger partial charge in [0.1, 0.15) is 11.6 Å². The molecule has 0 bridgehead atoms. The minimum absolute atomic E-state index is 0.485. The average molecular weight is 269 g/mol. The summed E-state index contributed by atoms with van der Waals surface area (Å²) in [6.07, 6.45) is 6.45. The summed E-state index contributed by atoms with van der Waals surface area (Å²) in [6, 6.07) is 8.88. The van der Waals surface area contributed by atoms with E-state index in [0.717, 1.165) is 24.5 Å². The SMILES string of the molecule is COc1ccc([C@H]2C[C@H](C)N(c3cnccn3)C2)cc1. The Balaban J connectivity index is 1.77. The number of anilines is 1. The summed E-state index contributed by atoms with van der Waals surface area (Å²) >= 11 is 0. The number of nitrogens with zero attached hydrogens (tertiary/aromatic N) is 3. The van der Waals surface area contributed by atoms with Crippen molar-refractivity contribution in [2.75, 3.05) is 18.6 Å². The van der Waals surface area contributed by atoms with Gasteiger partial charge in [0.25, 0.3) is 0 Å². The summed E-state index contributed by atoms with van der Waals surface area (Å²) in [6.45, 7) is 3.24. The topological polar surface area (TPSA) is 38.2 Å². The molecule has 1 aliphatic heterocycles. The highest BCUT2D eigenvalue weighted by atomic mass is 16.5. The molecule has 4 nitrogen and oxygen atoms in total. The van der Waals surface area contributed by atoms with Crippen LogP contribution in [0.5, 0.6) is 5.75 Å². The second-order valence-electron chi connectivity index (χ2n) is 5.27. The smallest absolute Gasteiger partial charge is 0.147 e. The molecule has 0 aliphatic carbocycles. The number of ether oxygens (including phenoxy) is 1. The van der Waals surface area contributed by atoms with E-state index in [1.165, 1.54) is 5.56 Å². The molecule has 2 heterocycles. The van der Waals surface area contributed by atoms with E-state index < -0.39 is 0 Å². The third-order valence-corrected chi connectivity index (χ3v) is 4.01. The van der Waals surface area contributed by atoms with Crippen LogP contribution in [0.2, 0.25) is 0 Å². The van der Waals surface area contributed by atoms with Crippen molar-refractivity contribution in [2.24, 2.45) is 0 Å². The summed E-state index contributed by atoms with van der Waals surface area (Å²) < 4.78 is 5.21. The van der Waals surface area contributed by atoms with E-state index in [1.54, 1.807) is 19.5 Å². The van der Waals surface area contributed by atoms with Crippen molar-refractivity contribution in [2.45, 2.75) is 25.3 Å². The first kappa shape index (κ1) is 12.9. The van der Waals surface area contributed by atoms with E-state index in [-0.39, 0.29) is 0 Å². The lowest BCUT2D eigenvalue weighted by molar-refractivity contribution is 0.414. The second kappa shape index (κ2) is 5.49. The fraction of sp³-hybridized carbons (Fsp3) is 0.375. The molecule has 0 radical (unpaired) electrons. The van der Waals surface area contributed by atoms with Gasteiger partial charge in [0.2, 0.25) is 0 Å². The zero-order valence-corrected chi connectivity index (χ0v) is 11.9.